The van der Waals surface area contributed by atoms with E-state index in [0.717, 1.165) is 18.2 Å². The molecule has 6 nitrogen and oxygen atoms in total. The standard InChI is InChI=1S/C14H26N4O2S/c1-6-17(7-2)14-16-12(15)11(21-14)13(19)18(10(3)4)8-9-20-5/h10H,6-9,15H2,1-5H3. The van der Waals surface area contributed by atoms with Gasteiger partial charge < -0.3 is 20.3 Å². The molecule has 0 saturated heterocycles. The molecule has 0 aromatic carbocycles. The van der Waals surface area contributed by atoms with Crippen LogP contribution < -0.4 is 10.6 Å². The molecule has 0 unspecified atom stereocenters. The third-order valence-electron chi connectivity index (χ3n) is 3.29. The van der Waals surface area contributed by atoms with E-state index in [1.165, 1.54) is 11.3 Å². The fourth-order valence-corrected chi connectivity index (χ4v) is 3.09. The Bertz CT molecular complexity index is 458. The van der Waals surface area contributed by atoms with Gasteiger partial charge in [-0.05, 0) is 27.7 Å². The third-order valence-corrected chi connectivity index (χ3v) is 4.41. The van der Waals surface area contributed by atoms with Gasteiger partial charge in [-0.3, -0.25) is 4.79 Å². The largest absolute Gasteiger partial charge is 0.383 e. The second-order valence-corrected chi connectivity index (χ2v) is 5.95. The van der Waals surface area contributed by atoms with Crippen LogP contribution in [0.25, 0.3) is 0 Å². The quantitative estimate of drug-likeness (QED) is 0.795. The molecule has 0 fully saturated rings. The molecule has 1 heterocycles. The molecule has 0 radical (unpaired) electrons. The van der Waals surface area contributed by atoms with Gasteiger partial charge in [0, 0.05) is 32.8 Å². The summed E-state index contributed by atoms with van der Waals surface area (Å²) in [5.74, 6) is 0.241. The molecule has 0 aliphatic carbocycles. The van der Waals surface area contributed by atoms with Crippen LogP contribution in [0, 0.1) is 0 Å². The lowest BCUT2D eigenvalue weighted by molar-refractivity contribution is 0.0640. The van der Waals surface area contributed by atoms with Gasteiger partial charge in [0.15, 0.2) is 5.13 Å². The zero-order valence-electron chi connectivity index (χ0n) is 13.5. The second-order valence-electron chi connectivity index (χ2n) is 4.97. The van der Waals surface area contributed by atoms with Crippen LogP contribution in [0.3, 0.4) is 0 Å². The second kappa shape index (κ2) is 8.19. The highest BCUT2D eigenvalue weighted by atomic mass is 32.1. The van der Waals surface area contributed by atoms with Crippen LogP contribution in [0.1, 0.15) is 37.4 Å². The number of nitrogens with zero attached hydrogens (tertiary/aromatic N) is 3. The molecule has 7 heteroatoms. The summed E-state index contributed by atoms with van der Waals surface area (Å²) in [4.78, 5) is 21.4. The molecular formula is C14H26N4O2S. The van der Waals surface area contributed by atoms with Gasteiger partial charge in [-0.1, -0.05) is 11.3 Å². The summed E-state index contributed by atoms with van der Waals surface area (Å²) in [7, 11) is 1.63. The Hall–Kier alpha value is -1.34. The minimum absolute atomic E-state index is 0.0737. The van der Waals surface area contributed by atoms with Crippen molar-refractivity contribution in [3.63, 3.8) is 0 Å². The Kier molecular flexibility index (Phi) is 6.91. The number of amides is 1. The van der Waals surface area contributed by atoms with E-state index in [4.69, 9.17) is 10.5 Å². The minimum Gasteiger partial charge on any atom is -0.383 e. The first-order chi connectivity index (χ1) is 9.96. The molecule has 0 aliphatic heterocycles. The van der Waals surface area contributed by atoms with Gasteiger partial charge in [0.2, 0.25) is 0 Å². The van der Waals surface area contributed by atoms with Crippen molar-refractivity contribution >= 4 is 28.2 Å². The maximum Gasteiger partial charge on any atom is 0.268 e. The fraction of sp³-hybridized carbons (Fsp3) is 0.714. The number of nitrogen functional groups attached to an aromatic ring is 1. The number of rotatable bonds is 8. The zero-order chi connectivity index (χ0) is 16.0. The summed E-state index contributed by atoms with van der Waals surface area (Å²) in [5, 5.41) is 0.802. The molecule has 0 atom stereocenters. The number of methoxy groups -OCH3 is 1. The topological polar surface area (TPSA) is 71.7 Å². The van der Waals surface area contributed by atoms with Crippen molar-refractivity contribution in [1.29, 1.82) is 0 Å². The molecule has 1 amide bonds. The van der Waals surface area contributed by atoms with Crippen molar-refractivity contribution in [2.45, 2.75) is 33.7 Å². The van der Waals surface area contributed by atoms with Crippen molar-refractivity contribution in [2.75, 3.05) is 44.0 Å². The molecule has 1 aromatic rings. The number of hydrogen-bond acceptors (Lipinski definition) is 6. The number of ether oxygens (including phenoxy) is 1. The van der Waals surface area contributed by atoms with Crippen LogP contribution in [-0.4, -0.2) is 55.2 Å². The average Bonchev–Trinajstić information content (AvgIpc) is 2.82. The van der Waals surface area contributed by atoms with Gasteiger partial charge >= 0.3 is 0 Å². The maximum atomic E-state index is 12.7. The van der Waals surface area contributed by atoms with E-state index < -0.39 is 0 Å². The number of hydrogen-bond donors (Lipinski definition) is 1. The Balaban J connectivity index is 2.99. The van der Waals surface area contributed by atoms with Crippen LogP contribution >= 0.6 is 11.3 Å². The third kappa shape index (κ3) is 4.31. The van der Waals surface area contributed by atoms with Crippen LogP contribution in [-0.2, 0) is 4.74 Å². The average molecular weight is 314 g/mol. The number of carbonyl (C=O) groups is 1. The predicted molar refractivity (Wildman–Crippen MR) is 88.1 cm³/mol. The first-order valence-electron chi connectivity index (χ1n) is 7.27. The highest BCUT2D eigenvalue weighted by Gasteiger charge is 2.25. The van der Waals surface area contributed by atoms with Crippen molar-refractivity contribution in [3.05, 3.63) is 4.88 Å². The molecular weight excluding hydrogens is 288 g/mol. The normalized spacial score (nSPS) is 11.0. The number of anilines is 2. The monoisotopic (exact) mass is 314 g/mol. The highest BCUT2D eigenvalue weighted by Crippen LogP contribution is 2.29. The summed E-state index contributed by atoms with van der Waals surface area (Å²) in [5.41, 5.74) is 5.95. The lowest BCUT2D eigenvalue weighted by Crippen LogP contribution is -2.39. The zero-order valence-corrected chi connectivity index (χ0v) is 14.4. The van der Waals surface area contributed by atoms with Gasteiger partial charge in [0.1, 0.15) is 10.7 Å². The number of nitrogens with two attached hydrogens (primary N) is 1. The summed E-state index contributed by atoms with van der Waals surface area (Å²) in [6.07, 6.45) is 0. The van der Waals surface area contributed by atoms with Crippen molar-refractivity contribution < 1.29 is 9.53 Å². The van der Waals surface area contributed by atoms with E-state index in [2.05, 4.69) is 23.7 Å². The molecule has 21 heavy (non-hydrogen) atoms. The maximum absolute atomic E-state index is 12.7. The Labute approximate surface area is 130 Å². The first kappa shape index (κ1) is 17.7. The van der Waals surface area contributed by atoms with Gasteiger partial charge in [0.25, 0.3) is 5.91 Å². The summed E-state index contributed by atoms with van der Waals surface area (Å²) in [6, 6.07) is 0.0889. The lowest BCUT2D eigenvalue weighted by Gasteiger charge is -2.26. The predicted octanol–water partition coefficient (Wildman–Crippen LogP) is 2.07. The molecule has 2 N–H and O–H groups in total. The summed E-state index contributed by atoms with van der Waals surface area (Å²) >= 11 is 1.36. The van der Waals surface area contributed by atoms with Crippen LogP contribution in [0.2, 0.25) is 0 Å². The van der Waals surface area contributed by atoms with E-state index in [1.54, 1.807) is 12.0 Å². The molecule has 1 rings (SSSR count). The van der Waals surface area contributed by atoms with Gasteiger partial charge in [-0.2, -0.15) is 0 Å². The smallest absolute Gasteiger partial charge is 0.268 e. The Morgan fingerprint density at radius 2 is 2.00 bits per heavy atom. The van der Waals surface area contributed by atoms with E-state index in [0.29, 0.717) is 23.8 Å². The van der Waals surface area contributed by atoms with Crippen molar-refractivity contribution in [3.8, 4) is 0 Å². The molecule has 120 valence electrons. The van der Waals surface area contributed by atoms with Crippen LogP contribution in [0.15, 0.2) is 0 Å². The lowest BCUT2D eigenvalue weighted by atomic mass is 10.3. The van der Waals surface area contributed by atoms with Crippen LogP contribution in [0.4, 0.5) is 10.9 Å². The Morgan fingerprint density at radius 1 is 1.38 bits per heavy atom. The molecule has 0 aliphatic rings. The molecule has 0 bridgehead atoms. The van der Waals surface area contributed by atoms with Crippen molar-refractivity contribution in [2.24, 2.45) is 0 Å². The first-order valence-corrected chi connectivity index (χ1v) is 8.08. The van der Waals surface area contributed by atoms with E-state index in [-0.39, 0.29) is 11.9 Å². The van der Waals surface area contributed by atoms with E-state index >= 15 is 0 Å². The number of carbonyl (C=O) groups excluding carboxylic acids is 1. The number of aromatic nitrogens is 1. The molecule has 0 spiro atoms. The minimum atomic E-state index is -0.0737. The van der Waals surface area contributed by atoms with Gasteiger partial charge in [-0.15, -0.1) is 0 Å². The highest BCUT2D eigenvalue weighted by molar-refractivity contribution is 7.18. The SMILES string of the molecule is CCN(CC)c1nc(N)c(C(=O)N(CCOC)C(C)C)s1. The Morgan fingerprint density at radius 3 is 2.48 bits per heavy atom. The van der Waals surface area contributed by atoms with Gasteiger partial charge in [0.05, 0.1) is 6.61 Å². The molecule has 0 saturated carbocycles. The van der Waals surface area contributed by atoms with Gasteiger partial charge in [-0.25, -0.2) is 4.98 Å². The fourth-order valence-electron chi connectivity index (χ4n) is 2.02. The summed E-state index contributed by atoms with van der Waals surface area (Å²) in [6.45, 7) is 10.8. The summed E-state index contributed by atoms with van der Waals surface area (Å²) < 4.78 is 5.07. The van der Waals surface area contributed by atoms with E-state index in [1.807, 2.05) is 13.8 Å². The van der Waals surface area contributed by atoms with Crippen molar-refractivity contribution in [1.82, 2.24) is 9.88 Å². The van der Waals surface area contributed by atoms with E-state index in [9.17, 15) is 4.79 Å². The molecule has 1 aromatic heterocycles. The number of thiazole rings is 1. The van der Waals surface area contributed by atoms with Crippen LogP contribution in [0.5, 0.6) is 0 Å².